The van der Waals surface area contributed by atoms with E-state index in [2.05, 4.69) is 17.4 Å². The summed E-state index contributed by atoms with van der Waals surface area (Å²) in [6.45, 7) is 0.422. The Morgan fingerprint density at radius 1 is 1.15 bits per heavy atom. The van der Waals surface area contributed by atoms with E-state index in [0.717, 1.165) is 24.3 Å². The smallest absolute Gasteiger partial charge is 0.227 e. The van der Waals surface area contributed by atoms with Crippen LogP contribution in [-0.2, 0) is 16.0 Å². The SMILES string of the molecule is COc1ccc(N2CC(C(=O)NC3CCc4ccccc43)CC2=O)cc1. The van der Waals surface area contributed by atoms with Gasteiger partial charge >= 0.3 is 0 Å². The number of fused-ring (bicyclic) bond motifs is 1. The molecule has 0 saturated carbocycles. The quantitative estimate of drug-likeness (QED) is 0.922. The number of benzene rings is 2. The van der Waals surface area contributed by atoms with Gasteiger partial charge in [-0.15, -0.1) is 0 Å². The largest absolute Gasteiger partial charge is 0.497 e. The Morgan fingerprint density at radius 2 is 1.92 bits per heavy atom. The van der Waals surface area contributed by atoms with Gasteiger partial charge in [0.05, 0.1) is 19.1 Å². The van der Waals surface area contributed by atoms with Crippen molar-refractivity contribution in [1.29, 1.82) is 0 Å². The van der Waals surface area contributed by atoms with Crippen LogP contribution in [-0.4, -0.2) is 25.5 Å². The average Bonchev–Trinajstić information content (AvgIpc) is 3.26. The van der Waals surface area contributed by atoms with Crippen LogP contribution in [0.25, 0.3) is 0 Å². The van der Waals surface area contributed by atoms with Gasteiger partial charge in [-0.3, -0.25) is 9.59 Å². The second-order valence-electron chi connectivity index (χ2n) is 6.90. The van der Waals surface area contributed by atoms with Gasteiger partial charge in [-0.2, -0.15) is 0 Å². The number of rotatable bonds is 4. The number of carbonyl (C=O) groups is 2. The van der Waals surface area contributed by atoms with E-state index in [1.54, 1.807) is 12.0 Å². The first kappa shape index (κ1) is 16.6. The second-order valence-corrected chi connectivity index (χ2v) is 6.90. The first-order chi connectivity index (χ1) is 12.7. The van der Waals surface area contributed by atoms with Crippen molar-refractivity contribution in [1.82, 2.24) is 5.32 Å². The van der Waals surface area contributed by atoms with E-state index in [-0.39, 0.29) is 30.2 Å². The van der Waals surface area contributed by atoms with E-state index in [1.807, 2.05) is 36.4 Å². The molecular formula is C21H22N2O3. The summed E-state index contributed by atoms with van der Waals surface area (Å²) in [6, 6.07) is 15.6. The third kappa shape index (κ3) is 3.05. The summed E-state index contributed by atoms with van der Waals surface area (Å²) in [7, 11) is 1.61. The standard InChI is InChI=1S/C21H22N2O3/c1-26-17-9-7-16(8-10-17)23-13-15(12-20(23)24)21(25)22-19-11-6-14-4-2-3-5-18(14)19/h2-5,7-10,15,19H,6,11-13H2,1H3,(H,22,25). The monoisotopic (exact) mass is 350 g/mol. The summed E-state index contributed by atoms with van der Waals surface area (Å²) in [6.07, 6.45) is 2.17. The molecule has 2 aliphatic rings. The fraction of sp³-hybridized carbons (Fsp3) is 0.333. The van der Waals surface area contributed by atoms with Crippen molar-refractivity contribution in [2.45, 2.75) is 25.3 Å². The molecule has 1 aliphatic heterocycles. The van der Waals surface area contributed by atoms with Crippen molar-refractivity contribution in [3.8, 4) is 5.75 Å². The number of hydrogen-bond acceptors (Lipinski definition) is 3. The fourth-order valence-corrected chi connectivity index (χ4v) is 3.89. The number of nitrogens with zero attached hydrogens (tertiary/aromatic N) is 1. The maximum absolute atomic E-state index is 12.7. The molecule has 0 spiro atoms. The first-order valence-corrected chi connectivity index (χ1v) is 8.98. The maximum Gasteiger partial charge on any atom is 0.227 e. The zero-order valence-electron chi connectivity index (χ0n) is 14.8. The number of carbonyl (C=O) groups excluding carboxylic acids is 2. The molecule has 4 rings (SSSR count). The molecule has 26 heavy (non-hydrogen) atoms. The van der Waals surface area contributed by atoms with Crippen LogP contribution in [0.4, 0.5) is 5.69 Å². The van der Waals surface area contributed by atoms with Crippen LogP contribution in [0.5, 0.6) is 5.75 Å². The van der Waals surface area contributed by atoms with Crippen LogP contribution in [0.1, 0.15) is 30.0 Å². The molecule has 1 saturated heterocycles. The lowest BCUT2D eigenvalue weighted by Gasteiger charge is -2.19. The minimum Gasteiger partial charge on any atom is -0.497 e. The van der Waals surface area contributed by atoms with Gasteiger partial charge in [-0.25, -0.2) is 0 Å². The summed E-state index contributed by atoms with van der Waals surface area (Å²) >= 11 is 0. The third-order valence-corrected chi connectivity index (χ3v) is 5.33. The molecule has 2 atom stereocenters. The van der Waals surface area contributed by atoms with E-state index in [1.165, 1.54) is 11.1 Å². The van der Waals surface area contributed by atoms with Crippen molar-refractivity contribution in [2.24, 2.45) is 5.92 Å². The molecule has 0 bridgehead atoms. The van der Waals surface area contributed by atoms with Gasteiger partial charge in [-0.05, 0) is 48.2 Å². The van der Waals surface area contributed by atoms with Gasteiger partial charge in [0, 0.05) is 18.7 Å². The van der Waals surface area contributed by atoms with Gasteiger partial charge in [0.25, 0.3) is 0 Å². The van der Waals surface area contributed by atoms with E-state index < -0.39 is 0 Å². The molecule has 2 unspecified atom stereocenters. The Hall–Kier alpha value is -2.82. The highest BCUT2D eigenvalue weighted by Crippen LogP contribution is 2.32. The van der Waals surface area contributed by atoms with Gasteiger partial charge in [0.2, 0.25) is 11.8 Å². The molecule has 2 aromatic carbocycles. The summed E-state index contributed by atoms with van der Waals surface area (Å²) in [5.74, 6) is 0.394. The number of ether oxygens (including phenoxy) is 1. The number of amides is 2. The lowest BCUT2D eigenvalue weighted by atomic mass is 10.1. The second kappa shape index (κ2) is 6.83. The van der Waals surface area contributed by atoms with Crippen LogP contribution < -0.4 is 15.0 Å². The summed E-state index contributed by atoms with van der Waals surface area (Å²) in [4.78, 5) is 26.8. The molecule has 2 aromatic rings. The fourth-order valence-electron chi connectivity index (χ4n) is 3.89. The topological polar surface area (TPSA) is 58.6 Å². The van der Waals surface area contributed by atoms with Crippen molar-refractivity contribution < 1.29 is 14.3 Å². The molecule has 1 aliphatic carbocycles. The van der Waals surface area contributed by atoms with Crippen molar-refractivity contribution in [2.75, 3.05) is 18.6 Å². The molecule has 5 heteroatoms. The van der Waals surface area contributed by atoms with E-state index in [9.17, 15) is 9.59 Å². The van der Waals surface area contributed by atoms with Crippen LogP contribution in [0.3, 0.4) is 0 Å². The van der Waals surface area contributed by atoms with E-state index >= 15 is 0 Å². The molecule has 0 radical (unpaired) electrons. The van der Waals surface area contributed by atoms with Crippen LogP contribution in [0, 0.1) is 5.92 Å². The van der Waals surface area contributed by atoms with Crippen LogP contribution >= 0.6 is 0 Å². The summed E-state index contributed by atoms with van der Waals surface area (Å²) in [5, 5.41) is 3.15. The summed E-state index contributed by atoms with van der Waals surface area (Å²) < 4.78 is 5.15. The number of methoxy groups -OCH3 is 1. The van der Waals surface area contributed by atoms with Crippen LogP contribution in [0.2, 0.25) is 0 Å². The van der Waals surface area contributed by atoms with Crippen LogP contribution in [0.15, 0.2) is 48.5 Å². The first-order valence-electron chi connectivity index (χ1n) is 8.98. The van der Waals surface area contributed by atoms with E-state index in [4.69, 9.17) is 4.74 Å². The van der Waals surface area contributed by atoms with Crippen molar-refractivity contribution in [3.05, 3.63) is 59.7 Å². The highest BCUT2D eigenvalue weighted by Gasteiger charge is 2.36. The van der Waals surface area contributed by atoms with Crippen molar-refractivity contribution in [3.63, 3.8) is 0 Å². The predicted molar refractivity (Wildman–Crippen MR) is 99.1 cm³/mol. The highest BCUT2D eigenvalue weighted by atomic mass is 16.5. The minimum atomic E-state index is -0.308. The number of anilines is 1. The number of aryl methyl sites for hydroxylation is 1. The highest BCUT2D eigenvalue weighted by molar-refractivity contribution is 6.00. The molecule has 134 valence electrons. The molecule has 1 N–H and O–H groups in total. The Morgan fingerprint density at radius 3 is 2.69 bits per heavy atom. The minimum absolute atomic E-state index is 0.0119. The van der Waals surface area contributed by atoms with Crippen molar-refractivity contribution >= 4 is 17.5 Å². The van der Waals surface area contributed by atoms with E-state index in [0.29, 0.717) is 6.54 Å². The zero-order chi connectivity index (χ0) is 18.1. The molecular weight excluding hydrogens is 328 g/mol. The van der Waals surface area contributed by atoms with Gasteiger partial charge in [0.15, 0.2) is 0 Å². The Kier molecular flexibility index (Phi) is 4.37. The molecule has 2 amide bonds. The average molecular weight is 350 g/mol. The molecule has 1 fully saturated rings. The molecule has 0 aromatic heterocycles. The molecule has 5 nitrogen and oxygen atoms in total. The number of nitrogens with one attached hydrogen (secondary N) is 1. The Bertz CT molecular complexity index is 831. The lowest BCUT2D eigenvalue weighted by molar-refractivity contribution is -0.127. The van der Waals surface area contributed by atoms with Gasteiger partial charge < -0.3 is 15.0 Å². The zero-order valence-corrected chi connectivity index (χ0v) is 14.8. The predicted octanol–water partition coefficient (Wildman–Crippen LogP) is 2.85. The number of hydrogen-bond donors (Lipinski definition) is 1. The normalized spacial score (nSPS) is 21.6. The molecule has 1 heterocycles. The lowest BCUT2D eigenvalue weighted by Crippen LogP contribution is -2.34. The van der Waals surface area contributed by atoms with Gasteiger partial charge in [0.1, 0.15) is 5.75 Å². The maximum atomic E-state index is 12.7. The Balaban J connectivity index is 1.42. The summed E-state index contributed by atoms with van der Waals surface area (Å²) in [5.41, 5.74) is 3.31. The Labute approximate surface area is 153 Å². The van der Waals surface area contributed by atoms with Gasteiger partial charge in [-0.1, -0.05) is 24.3 Å². The third-order valence-electron chi connectivity index (χ3n) is 5.33.